The van der Waals surface area contributed by atoms with E-state index in [9.17, 15) is 0 Å². The Morgan fingerprint density at radius 2 is 1.23 bits per heavy atom. The summed E-state index contributed by atoms with van der Waals surface area (Å²) >= 11 is 0. The van der Waals surface area contributed by atoms with Crippen LogP contribution in [0.25, 0.3) is 0 Å². The molecule has 2 fully saturated rings. The molecule has 0 bridgehead atoms. The van der Waals surface area contributed by atoms with Gasteiger partial charge in [-0.1, -0.05) is 80.4 Å². The van der Waals surface area contributed by atoms with Crippen LogP contribution >= 0.6 is 15.1 Å². The molecule has 2 aliphatic carbocycles. The molecule has 1 saturated carbocycles. The van der Waals surface area contributed by atoms with E-state index < -0.39 is 15.1 Å². The van der Waals surface area contributed by atoms with E-state index in [1.165, 1.54) is 46.9 Å². The van der Waals surface area contributed by atoms with E-state index in [1.807, 2.05) is 0 Å². The first kappa shape index (κ1) is 23.3. The molecule has 4 heteroatoms. The molecule has 0 amide bonds. The van der Waals surface area contributed by atoms with Crippen LogP contribution in [0.5, 0.6) is 0 Å². The van der Waals surface area contributed by atoms with Gasteiger partial charge in [0.2, 0.25) is 0 Å². The summed E-state index contributed by atoms with van der Waals surface area (Å²) < 4.78 is 3.10. The van der Waals surface area contributed by atoms with E-state index >= 15 is 0 Å². The van der Waals surface area contributed by atoms with Crippen LogP contribution in [0.4, 0.5) is 0 Å². The molecule has 3 aromatic rings. The van der Waals surface area contributed by atoms with Crippen LogP contribution in [0.15, 0.2) is 115 Å². The lowest BCUT2D eigenvalue weighted by Crippen LogP contribution is -2.63. The van der Waals surface area contributed by atoms with Crippen molar-refractivity contribution < 1.29 is 0 Å². The van der Waals surface area contributed by atoms with Crippen LogP contribution in [-0.4, -0.2) is 10.5 Å². The molecular weight excluding hydrogens is 462 g/mol. The highest BCUT2D eigenvalue weighted by atomic mass is 31.3. The fourth-order valence-electron chi connectivity index (χ4n) is 6.32. The molecule has 0 spiro atoms. The molecule has 35 heavy (non-hydrogen) atoms. The van der Waals surface area contributed by atoms with Crippen molar-refractivity contribution in [3.8, 4) is 0 Å². The fourth-order valence-corrected chi connectivity index (χ4v) is 18.8. The van der Waals surface area contributed by atoms with Gasteiger partial charge in [-0.05, 0) is 89.5 Å². The minimum Gasteiger partial charge on any atom is -0.0802 e. The van der Waals surface area contributed by atoms with Gasteiger partial charge in [-0.2, -0.15) is 0 Å². The summed E-state index contributed by atoms with van der Waals surface area (Å²) in [5.41, 5.74) is 0. The molecule has 1 heterocycles. The molecule has 0 radical (unpaired) electrons. The monoisotopic (exact) mass is 498 g/mol. The largest absolute Gasteiger partial charge is 0.294 e. The first-order chi connectivity index (χ1) is 17.3. The molecule has 3 atom stereocenters. The summed E-state index contributed by atoms with van der Waals surface area (Å²) in [6, 6.07) is 34.7. The highest BCUT2D eigenvalue weighted by Gasteiger charge is 2.83. The van der Waals surface area contributed by atoms with Crippen LogP contribution in [0.3, 0.4) is 0 Å². The Labute approximate surface area is 212 Å². The molecule has 6 rings (SSSR count). The van der Waals surface area contributed by atoms with E-state index in [-0.39, 0.29) is 0 Å². The number of benzene rings is 3. The zero-order valence-electron chi connectivity index (χ0n) is 20.6. The Hall–Kier alpha value is -2.08. The molecule has 3 unspecified atom stereocenters. The maximum atomic E-state index is 4.52. The van der Waals surface area contributed by atoms with E-state index in [0.29, 0.717) is 12.0 Å². The summed E-state index contributed by atoms with van der Waals surface area (Å²) in [6.07, 6.45) is 15.0. The Morgan fingerprint density at radius 1 is 0.686 bits per heavy atom. The average Bonchev–Trinajstić information content (AvgIpc) is 2.92. The van der Waals surface area contributed by atoms with E-state index in [0.717, 1.165) is 12.8 Å². The van der Waals surface area contributed by atoms with Gasteiger partial charge in [-0.3, -0.25) is 0 Å². The normalized spacial score (nSPS) is 28.2. The van der Waals surface area contributed by atoms with Crippen LogP contribution in [-0.2, 0) is 0 Å². The van der Waals surface area contributed by atoms with Crippen LogP contribution in [0, 0.1) is 5.92 Å². The van der Waals surface area contributed by atoms with Crippen molar-refractivity contribution in [2.24, 2.45) is 5.92 Å². The molecular formula is C31H36N2P2+2. The van der Waals surface area contributed by atoms with Crippen molar-refractivity contribution in [3.63, 3.8) is 0 Å². The van der Waals surface area contributed by atoms with Gasteiger partial charge in [-0.25, -0.2) is 0 Å². The van der Waals surface area contributed by atoms with Crippen molar-refractivity contribution in [3.05, 3.63) is 115 Å². The van der Waals surface area contributed by atoms with Crippen molar-refractivity contribution >= 4 is 31.0 Å². The highest BCUT2D eigenvalue weighted by Crippen LogP contribution is 2.91. The van der Waals surface area contributed by atoms with Gasteiger partial charge >= 0.3 is 0 Å². The standard InChI is InChI=1S/C31H36N2P2/c1-26-16-14-15-25-31(26)33-34(27-17-6-2-7-18-27,28-19-8-3-9-20-28)32-35(33,29-21-10-4-11-22-29)30-23-12-5-13-24-30/h2-4,6-12,17-24,26,31-32H,5,13-16,25H2,1H3/q+2. The number of rotatable bonds is 5. The maximum Gasteiger partial charge on any atom is 0.294 e. The highest BCUT2D eigenvalue weighted by molar-refractivity contribution is 8.11. The van der Waals surface area contributed by atoms with Crippen molar-refractivity contribution in [2.45, 2.75) is 51.5 Å². The van der Waals surface area contributed by atoms with Crippen LogP contribution in [0.2, 0.25) is 0 Å². The summed E-state index contributed by atoms with van der Waals surface area (Å²) in [6.45, 7) is 2.51. The zero-order valence-corrected chi connectivity index (χ0v) is 22.4. The number of hydrogen-bond donors (Lipinski definition) is 1. The summed E-state index contributed by atoms with van der Waals surface area (Å²) in [5, 5.41) is 5.90. The Kier molecular flexibility index (Phi) is 6.50. The van der Waals surface area contributed by atoms with E-state index in [2.05, 4.69) is 125 Å². The number of hydrogen-bond acceptors (Lipinski definition) is 2. The van der Waals surface area contributed by atoms with Gasteiger partial charge in [-0.15, -0.1) is 0 Å². The van der Waals surface area contributed by atoms with Gasteiger partial charge in [0.25, 0.3) is 15.1 Å². The SMILES string of the molecule is CC1CCCCC1N1[P+](C2=CCCC=C2)(c2ccccc2)N[P+]1(c1ccccc1)c1ccccc1. The summed E-state index contributed by atoms with van der Waals surface area (Å²) in [4.78, 5) is 4.52. The Bertz CT molecular complexity index is 1170. The second-order valence-electron chi connectivity index (χ2n) is 10.1. The predicted octanol–water partition coefficient (Wildman–Crippen LogP) is 7.38. The van der Waals surface area contributed by atoms with Gasteiger partial charge in [0.15, 0.2) is 0 Å². The van der Waals surface area contributed by atoms with Crippen molar-refractivity contribution in [2.75, 3.05) is 0 Å². The van der Waals surface area contributed by atoms with Crippen LogP contribution < -0.4 is 20.8 Å². The number of allylic oxidation sites excluding steroid dienone is 4. The lowest BCUT2D eigenvalue weighted by Gasteiger charge is -2.54. The minimum absolute atomic E-state index is 0.573. The van der Waals surface area contributed by atoms with E-state index in [4.69, 9.17) is 0 Å². The molecule has 0 aromatic heterocycles. The van der Waals surface area contributed by atoms with E-state index in [1.54, 1.807) is 0 Å². The molecule has 178 valence electrons. The molecule has 1 aliphatic heterocycles. The van der Waals surface area contributed by atoms with Crippen LogP contribution in [0.1, 0.15) is 45.4 Å². The number of nitrogens with one attached hydrogen (secondary N) is 1. The summed E-state index contributed by atoms with van der Waals surface area (Å²) in [5.74, 6) is 0.689. The quantitative estimate of drug-likeness (QED) is 0.369. The topological polar surface area (TPSA) is 15.3 Å². The molecule has 1 saturated heterocycles. The molecule has 3 aliphatic rings. The second-order valence-corrected chi connectivity index (χ2v) is 16.7. The second kappa shape index (κ2) is 9.76. The average molecular weight is 499 g/mol. The first-order valence-corrected chi connectivity index (χ1v) is 16.7. The summed E-state index contributed by atoms with van der Waals surface area (Å²) in [7, 11) is -3.94. The third kappa shape index (κ3) is 3.78. The smallest absolute Gasteiger partial charge is 0.0802 e. The van der Waals surface area contributed by atoms with Gasteiger partial charge in [0, 0.05) is 0 Å². The van der Waals surface area contributed by atoms with Crippen molar-refractivity contribution in [1.82, 2.24) is 9.30 Å². The molecule has 3 aromatic carbocycles. The Balaban J connectivity index is 1.64. The zero-order chi connectivity index (χ0) is 23.7. The predicted molar refractivity (Wildman–Crippen MR) is 155 cm³/mol. The van der Waals surface area contributed by atoms with Crippen molar-refractivity contribution in [1.29, 1.82) is 0 Å². The lowest BCUT2D eigenvalue weighted by atomic mass is 9.87. The maximum absolute atomic E-state index is 4.52. The third-order valence-electron chi connectivity index (χ3n) is 8.01. The third-order valence-corrected chi connectivity index (χ3v) is 18.0. The first-order valence-electron chi connectivity index (χ1n) is 13.2. The number of nitrogens with zero attached hydrogens (tertiary/aromatic N) is 1. The molecule has 1 N–H and O–H groups in total. The molecule has 2 nitrogen and oxygen atoms in total. The fraction of sp³-hybridized carbons (Fsp3) is 0.290. The van der Waals surface area contributed by atoms with Gasteiger partial charge in [0.1, 0.15) is 21.2 Å². The van der Waals surface area contributed by atoms with Gasteiger partial charge in [0.05, 0.1) is 6.04 Å². The lowest BCUT2D eigenvalue weighted by molar-refractivity contribution is 0.252. The minimum atomic E-state index is -1.99. The van der Waals surface area contributed by atoms with Gasteiger partial charge < -0.3 is 0 Å². The Morgan fingerprint density at radius 3 is 1.74 bits per heavy atom.